The van der Waals surface area contributed by atoms with Gasteiger partial charge in [0, 0.05) is 5.41 Å². The number of hydrogen-bond donors (Lipinski definition) is 1. The maximum atomic E-state index is 15.7. The Bertz CT molecular complexity index is 921. The van der Waals surface area contributed by atoms with Crippen LogP contribution in [-0.2, 0) is 0 Å². The molecule has 4 fully saturated rings. The van der Waals surface area contributed by atoms with Gasteiger partial charge in [0.1, 0.15) is 5.83 Å². The molecule has 6 aliphatic carbocycles. The number of phenols is 1. The minimum atomic E-state index is -3.92. The van der Waals surface area contributed by atoms with Crippen LogP contribution in [0.2, 0.25) is 0 Å². The highest BCUT2D eigenvalue weighted by molar-refractivity contribution is 5.35. The number of phenolic OH excluding ortho intramolecular Hbond substituents is 1. The third kappa shape index (κ3) is 2.73. The summed E-state index contributed by atoms with van der Waals surface area (Å²) < 4.78 is 78.5. The summed E-state index contributed by atoms with van der Waals surface area (Å²) in [7, 11) is 0. The average Bonchev–Trinajstić information content (AvgIpc) is 2.75. The van der Waals surface area contributed by atoms with Crippen LogP contribution in [0, 0.1) is 33.3 Å². The van der Waals surface area contributed by atoms with Crippen molar-refractivity contribution in [1.82, 2.24) is 0 Å². The van der Waals surface area contributed by atoms with Gasteiger partial charge in [-0.15, -0.1) is 0 Å². The second-order valence-electron chi connectivity index (χ2n) is 10.7. The lowest BCUT2D eigenvalue weighted by molar-refractivity contribution is -0.269. The molecule has 6 aliphatic rings. The summed E-state index contributed by atoms with van der Waals surface area (Å²) in [5.41, 5.74) is -2.42. The number of alkyl halides is 2. The highest BCUT2D eigenvalue weighted by Gasteiger charge is 2.68. The highest BCUT2D eigenvalue weighted by atomic mass is 19.3. The van der Waals surface area contributed by atoms with Gasteiger partial charge in [-0.3, -0.25) is 0 Å². The number of ether oxygens (including phenoxy) is 1. The van der Waals surface area contributed by atoms with E-state index in [1.54, 1.807) is 0 Å². The summed E-state index contributed by atoms with van der Waals surface area (Å²) in [6, 6.07) is 1.51. The van der Waals surface area contributed by atoms with Gasteiger partial charge < -0.3 is 9.84 Å². The SMILES string of the molecule is CC12CCC(C34CCC(C(F)(F)Oc5ccc(O)c(F)c5F)(C=C3F)CC4)(CC1)CC2. The molecule has 0 atom stereocenters. The fourth-order valence-electron chi connectivity index (χ4n) is 6.98. The molecule has 0 saturated heterocycles. The Hall–Kier alpha value is -1.79. The summed E-state index contributed by atoms with van der Waals surface area (Å²) in [6.45, 7) is 2.29. The number of benzene rings is 1. The van der Waals surface area contributed by atoms with Gasteiger partial charge in [0.05, 0.1) is 5.41 Å². The van der Waals surface area contributed by atoms with Gasteiger partial charge in [-0.1, -0.05) is 6.92 Å². The van der Waals surface area contributed by atoms with Crippen molar-refractivity contribution in [3.63, 3.8) is 0 Å². The van der Waals surface area contributed by atoms with Crippen molar-refractivity contribution in [3.05, 3.63) is 35.7 Å². The molecule has 0 radical (unpaired) electrons. The molecule has 7 rings (SSSR count). The Balaban J connectivity index is 1.46. The van der Waals surface area contributed by atoms with E-state index in [1.807, 2.05) is 0 Å². The van der Waals surface area contributed by atoms with Gasteiger partial charge in [0.2, 0.25) is 11.6 Å². The second-order valence-corrected chi connectivity index (χ2v) is 10.7. The van der Waals surface area contributed by atoms with Crippen LogP contribution in [0.5, 0.6) is 11.5 Å². The molecule has 170 valence electrons. The molecule has 2 nitrogen and oxygen atoms in total. The van der Waals surface area contributed by atoms with Gasteiger partial charge in [0.25, 0.3) is 0 Å². The predicted molar refractivity (Wildman–Crippen MR) is 104 cm³/mol. The van der Waals surface area contributed by atoms with Gasteiger partial charge >= 0.3 is 6.11 Å². The lowest BCUT2D eigenvalue weighted by Gasteiger charge is -2.64. The standard InChI is InChI=1S/C24H27F5O2/c1-20-4-7-21(8-5-20,9-6-20)23-12-10-22(11-13-23,14-17(23)25)24(28,29)31-16-3-2-15(30)18(26)19(16)27/h2-3,14,30H,4-13H2,1H3. The Morgan fingerprint density at radius 1 is 0.839 bits per heavy atom. The average molecular weight is 442 g/mol. The number of hydrogen-bond acceptors (Lipinski definition) is 2. The molecule has 4 saturated carbocycles. The smallest absolute Gasteiger partial charge is 0.407 e. The third-order valence-electron chi connectivity index (χ3n) is 9.34. The lowest BCUT2D eigenvalue weighted by atomic mass is 9.40. The molecule has 31 heavy (non-hydrogen) atoms. The molecule has 0 aliphatic heterocycles. The van der Waals surface area contributed by atoms with E-state index in [9.17, 15) is 13.9 Å². The van der Waals surface area contributed by atoms with Crippen molar-refractivity contribution in [2.75, 3.05) is 0 Å². The Kier molecular flexibility index (Phi) is 4.34. The summed E-state index contributed by atoms with van der Waals surface area (Å²) >= 11 is 0. The quantitative estimate of drug-likeness (QED) is 0.492. The van der Waals surface area contributed by atoms with Crippen LogP contribution >= 0.6 is 0 Å². The first-order valence-corrected chi connectivity index (χ1v) is 11.1. The van der Waals surface area contributed by atoms with Crippen molar-refractivity contribution in [3.8, 4) is 11.5 Å². The normalized spacial score (nSPS) is 39.5. The molecule has 1 aromatic carbocycles. The Labute approximate surface area is 178 Å². The number of aromatic hydroxyl groups is 1. The van der Waals surface area contributed by atoms with Gasteiger partial charge in [0.15, 0.2) is 11.5 Å². The summed E-state index contributed by atoms with van der Waals surface area (Å²) in [4.78, 5) is 0. The van der Waals surface area contributed by atoms with Crippen molar-refractivity contribution < 1.29 is 31.8 Å². The molecule has 1 N–H and O–H groups in total. The van der Waals surface area contributed by atoms with E-state index in [2.05, 4.69) is 11.7 Å². The first kappa shape index (κ1) is 21.1. The van der Waals surface area contributed by atoms with E-state index in [-0.39, 0.29) is 18.3 Å². The van der Waals surface area contributed by atoms with E-state index in [1.165, 1.54) is 0 Å². The van der Waals surface area contributed by atoms with E-state index in [0.717, 1.165) is 56.7 Å². The Morgan fingerprint density at radius 3 is 1.97 bits per heavy atom. The number of allylic oxidation sites excluding steroid dienone is 1. The second kappa shape index (κ2) is 6.38. The molecule has 0 aromatic heterocycles. The van der Waals surface area contributed by atoms with Crippen molar-refractivity contribution in [2.45, 2.75) is 77.2 Å². The van der Waals surface area contributed by atoms with Crippen molar-refractivity contribution in [2.24, 2.45) is 21.7 Å². The Morgan fingerprint density at radius 2 is 1.42 bits per heavy atom. The van der Waals surface area contributed by atoms with Gasteiger partial charge in [-0.25, -0.2) is 4.39 Å². The number of halogens is 5. The first-order chi connectivity index (χ1) is 14.5. The predicted octanol–water partition coefficient (Wildman–Crippen LogP) is 7.42. The van der Waals surface area contributed by atoms with Crippen molar-refractivity contribution >= 4 is 0 Å². The molecular formula is C24H27F5O2. The lowest BCUT2D eigenvalue weighted by Crippen LogP contribution is -2.59. The third-order valence-corrected chi connectivity index (χ3v) is 9.34. The molecule has 0 heterocycles. The number of fused-ring (bicyclic) bond motifs is 5. The van der Waals surface area contributed by atoms with Crippen LogP contribution in [0.25, 0.3) is 0 Å². The monoisotopic (exact) mass is 442 g/mol. The van der Waals surface area contributed by atoms with Crippen LogP contribution in [0.15, 0.2) is 24.0 Å². The van der Waals surface area contributed by atoms with Gasteiger partial charge in [-0.05, 0) is 93.2 Å². The van der Waals surface area contributed by atoms with Crippen LogP contribution in [0.3, 0.4) is 0 Å². The van der Waals surface area contributed by atoms with Crippen LogP contribution < -0.4 is 4.74 Å². The first-order valence-electron chi connectivity index (χ1n) is 11.1. The molecule has 0 spiro atoms. The molecule has 0 amide bonds. The maximum absolute atomic E-state index is 15.7. The van der Waals surface area contributed by atoms with E-state index in [0.29, 0.717) is 18.3 Å². The molecule has 4 bridgehead atoms. The van der Waals surface area contributed by atoms with Crippen LogP contribution in [0.4, 0.5) is 22.0 Å². The summed E-state index contributed by atoms with van der Waals surface area (Å²) in [6.07, 6.45) is 3.78. The number of rotatable bonds is 4. The zero-order chi connectivity index (χ0) is 22.3. The fourth-order valence-corrected chi connectivity index (χ4v) is 6.98. The molecule has 7 heteroatoms. The minimum absolute atomic E-state index is 0.0363. The van der Waals surface area contributed by atoms with Crippen LogP contribution in [-0.4, -0.2) is 11.2 Å². The zero-order valence-electron chi connectivity index (χ0n) is 17.5. The fraction of sp³-hybridized carbons (Fsp3) is 0.667. The topological polar surface area (TPSA) is 29.5 Å². The molecular weight excluding hydrogens is 415 g/mol. The largest absolute Gasteiger partial charge is 0.505 e. The van der Waals surface area contributed by atoms with Gasteiger partial charge in [-0.2, -0.15) is 17.6 Å². The van der Waals surface area contributed by atoms with Crippen molar-refractivity contribution in [1.29, 1.82) is 0 Å². The van der Waals surface area contributed by atoms with E-state index >= 15 is 13.2 Å². The van der Waals surface area contributed by atoms with Crippen LogP contribution in [0.1, 0.15) is 71.1 Å². The highest BCUT2D eigenvalue weighted by Crippen LogP contribution is 2.73. The zero-order valence-corrected chi connectivity index (χ0v) is 17.5. The summed E-state index contributed by atoms with van der Waals surface area (Å²) in [5, 5.41) is 9.21. The maximum Gasteiger partial charge on any atom is 0.407 e. The minimum Gasteiger partial charge on any atom is -0.505 e. The molecule has 1 aromatic rings. The van der Waals surface area contributed by atoms with E-state index < -0.39 is 45.9 Å². The summed E-state index contributed by atoms with van der Waals surface area (Å²) in [5.74, 6) is -5.81. The molecule has 0 unspecified atom stereocenters. The van der Waals surface area contributed by atoms with E-state index in [4.69, 9.17) is 0 Å².